The summed E-state index contributed by atoms with van der Waals surface area (Å²) in [6.45, 7) is 5.55. The van der Waals surface area contributed by atoms with E-state index in [4.69, 9.17) is 9.84 Å². The van der Waals surface area contributed by atoms with Crippen molar-refractivity contribution in [3.05, 3.63) is 29.8 Å². The predicted octanol–water partition coefficient (Wildman–Crippen LogP) is 1.27. The van der Waals surface area contributed by atoms with Crippen molar-refractivity contribution in [3.8, 4) is 0 Å². The summed E-state index contributed by atoms with van der Waals surface area (Å²) >= 11 is 0. The third-order valence-electron chi connectivity index (χ3n) is 3.80. The summed E-state index contributed by atoms with van der Waals surface area (Å²) in [5.41, 5.74) is 2.03. The van der Waals surface area contributed by atoms with Gasteiger partial charge in [0.1, 0.15) is 0 Å². The Bertz CT molecular complexity index is 478. The number of aryl methyl sites for hydroxylation is 1. The fraction of sp³-hybridized carbons (Fsp3) is 0.562. The third kappa shape index (κ3) is 4.52. The molecule has 0 radical (unpaired) electrons. The molecule has 1 aliphatic heterocycles. The SMILES string of the molecule is CCc1cccc(NC(=O)CN2CC(CO)OCC2C)c1. The Morgan fingerprint density at radius 1 is 1.52 bits per heavy atom. The van der Waals surface area contributed by atoms with Gasteiger partial charge >= 0.3 is 0 Å². The van der Waals surface area contributed by atoms with Crippen LogP contribution in [-0.2, 0) is 16.0 Å². The summed E-state index contributed by atoms with van der Waals surface area (Å²) in [7, 11) is 0. The van der Waals surface area contributed by atoms with E-state index >= 15 is 0 Å². The average Bonchev–Trinajstić information content (AvgIpc) is 2.49. The van der Waals surface area contributed by atoms with Crippen LogP contribution < -0.4 is 5.32 Å². The van der Waals surface area contributed by atoms with E-state index in [-0.39, 0.29) is 24.7 Å². The first kappa shape index (κ1) is 15.9. The minimum absolute atomic E-state index is 0.0105. The standard InChI is InChI=1S/C16H24N2O3/c1-3-13-5-4-6-14(7-13)17-16(20)9-18-8-15(10-19)21-11-12(18)2/h4-7,12,15,19H,3,8-11H2,1-2H3,(H,17,20). The Balaban J connectivity index is 1.91. The summed E-state index contributed by atoms with van der Waals surface area (Å²) < 4.78 is 5.48. The van der Waals surface area contributed by atoms with E-state index in [1.165, 1.54) is 5.56 Å². The van der Waals surface area contributed by atoms with E-state index in [1.807, 2.05) is 36.1 Å². The molecule has 1 aromatic carbocycles. The highest BCUT2D eigenvalue weighted by Crippen LogP contribution is 2.13. The Kier molecular flexibility index (Phi) is 5.73. The quantitative estimate of drug-likeness (QED) is 0.858. The predicted molar refractivity (Wildman–Crippen MR) is 82.3 cm³/mol. The molecule has 1 aliphatic rings. The van der Waals surface area contributed by atoms with Crippen molar-refractivity contribution < 1.29 is 14.6 Å². The molecular weight excluding hydrogens is 268 g/mol. The second-order valence-corrected chi connectivity index (χ2v) is 5.52. The number of aliphatic hydroxyl groups is 1. The van der Waals surface area contributed by atoms with Gasteiger partial charge in [-0.15, -0.1) is 0 Å². The zero-order valence-electron chi connectivity index (χ0n) is 12.7. The van der Waals surface area contributed by atoms with Crippen molar-refractivity contribution in [1.29, 1.82) is 0 Å². The molecule has 1 heterocycles. The lowest BCUT2D eigenvalue weighted by atomic mass is 10.1. The van der Waals surface area contributed by atoms with Crippen molar-refractivity contribution in [3.63, 3.8) is 0 Å². The minimum atomic E-state index is -0.197. The van der Waals surface area contributed by atoms with Crippen LogP contribution in [0.3, 0.4) is 0 Å². The minimum Gasteiger partial charge on any atom is -0.394 e. The van der Waals surface area contributed by atoms with Gasteiger partial charge in [0.05, 0.1) is 25.9 Å². The number of amides is 1. The van der Waals surface area contributed by atoms with Gasteiger partial charge in [-0.3, -0.25) is 9.69 Å². The molecule has 0 aliphatic carbocycles. The molecule has 2 atom stereocenters. The van der Waals surface area contributed by atoms with E-state index in [1.54, 1.807) is 0 Å². The summed E-state index contributed by atoms with van der Waals surface area (Å²) in [5.74, 6) is -0.0336. The number of benzene rings is 1. The smallest absolute Gasteiger partial charge is 0.238 e. The first-order valence-corrected chi connectivity index (χ1v) is 7.47. The molecule has 116 valence electrons. The first-order chi connectivity index (χ1) is 10.1. The van der Waals surface area contributed by atoms with Crippen LogP contribution in [0.25, 0.3) is 0 Å². The number of carbonyl (C=O) groups is 1. The van der Waals surface area contributed by atoms with Gasteiger partial charge in [-0.25, -0.2) is 0 Å². The number of carbonyl (C=O) groups excluding carboxylic acids is 1. The number of nitrogens with one attached hydrogen (secondary N) is 1. The zero-order valence-corrected chi connectivity index (χ0v) is 12.7. The lowest BCUT2D eigenvalue weighted by molar-refractivity contribution is -0.122. The van der Waals surface area contributed by atoms with Gasteiger partial charge in [-0.05, 0) is 31.0 Å². The van der Waals surface area contributed by atoms with Crippen molar-refractivity contribution in [2.75, 3.05) is 31.6 Å². The van der Waals surface area contributed by atoms with Gasteiger partial charge < -0.3 is 15.2 Å². The van der Waals surface area contributed by atoms with E-state index in [0.29, 0.717) is 19.7 Å². The lowest BCUT2D eigenvalue weighted by Crippen LogP contribution is -2.51. The van der Waals surface area contributed by atoms with Gasteiger partial charge in [0.25, 0.3) is 0 Å². The number of hydrogen-bond acceptors (Lipinski definition) is 4. The number of aliphatic hydroxyl groups excluding tert-OH is 1. The molecule has 5 nitrogen and oxygen atoms in total. The van der Waals surface area contributed by atoms with Crippen LogP contribution in [0.15, 0.2) is 24.3 Å². The van der Waals surface area contributed by atoms with Crippen LogP contribution >= 0.6 is 0 Å². The highest BCUT2D eigenvalue weighted by Gasteiger charge is 2.26. The molecule has 1 saturated heterocycles. The monoisotopic (exact) mass is 292 g/mol. The first-order valence-electron chi connectivity index (χ1n) is 7.47. The number of morpholine rings is 1. The van der Waals surface area contributed by atoms with E-state index in [2.05, 4.69) is 12.2 Å². The lowest BCUT2D eigenvalue weighted by Gasteiger charge is -2.36. The fourth-order valence-corrected chi connectivity index (χ4v) is 2.46. The van der Waals surface area contributed by atoms with Crippen molar-refractivity contribution in [1.82, 2.24) is 4.90 Å². The summed E-state index contributed by atoms with van der Waals surface area (Å²) in [6, 6.07) is 8.08. The zero-order chi connectivity index (χ0) is 15.2. The molecule has 2 N–H and O–H groups in total. The number of rotatable bonds is 5. The van der Waals surface area contributed by atoms with Crippen LogP contribution in [0, 0.1) is 0 Å². The van der Waals surface area contributed by atoms with E-state index in [0.717, 1.165) is 12.1 Å². The summed E-state index contributed by atoms with van der Waals surface area (Å²) in [6.07, 6.45) is 0.750. The van der Waals surface area contributed by atoms with E-state index < -0.39 is 0 Å². The molecule has 1 fully saturated rings. The fourth-order valence-electron chi connectivity index (χ4n) is 2.46. The molecule has 1 aromatic rings. The average molecular weight is 292 g/mol. The Morgan fingerprint density at radius 2 is 2.33 bits per heavy atom. The Morgan fingerprint density at radius 3 is 3.05 bits per heavy atom. The maximum atomic E-state index is 12.2. The maximum Gasteiger partial charge on any atom is 0.238 e. The van der Waals surface area contributed by atoms with Gasteiger partial charge in [0.15, 0.2) is 0 Å². The largest absolute Gasteiger partial charge is 0.394 e. The molecule has 0 saturated carbocycles. The van der Waals surface area contributed by atoms with Crippen LogP contribution in [0.1, 0.15) is 19.4 Å². The van der Waals surface area contributed by atoms with Crippen LogP contribution in [0.4, 0.5) is 5.69 Å². The molecule has 2 unspecified atom stereocenters. The summed E-state index contributed by atoms with van der Waals surface area (Å²) in [4.78, 5) is 14.2. The third-order valence-corrected chi connectivity index (χ3v) is 3.80. The highest BCUT2D eigenvalue weighted by molar-refractivity contribution is 5.92. The van der Waals surface area contributed by atoms with Crippen LogP contribution in [0.2, 0.25) is 0 Å². The summed E-state index contributed by atoms with van der Waals surface area (Å²) in [5, 5.41) is 12.1. The van der Waals surface area contributed by atoms with Gasteiger partial charge in [-0.2, -0.15) is 0 Å². The number of nitrogens with zero attached hydrogens (tertiary/aromatic N) is 1. The number of hydrogen-bond donors (Lipinski definition) is 2. The Hall–Kier alpha value is -1.43. The highest BCUT2D eigenvalue weighted by atomic mass is 16.5. The van der Waals surface area contributed by atoms with Gasteiger partial charge in [0, 0.05) is 18.3 Å². The van der Waals surface area contributed by atoms with E-state index in [9.17, 15) is 4.79 Å². The molecule has 1 amide bonds. The molecule has 0 aromatic heterocycles. The molecule has 0 spiro atoms. The molecule has 2 rings (SSSR count). The topological polar surface area (TPSA) is 61.8 Å². The number of ether oxygens (including phenoxy) is 1. The van der Waals surface area contributed by atoms with Gasteiger partial charge in [0.2, 0.25) is 5.91 Å². The normalized spacial score (nSPS) is 23.0. The maximum absolute atomic E-state index is 12.2. The number of anilines is 1. The molecular formula is C16H24N2O3. The van der Waals surface area contributed by atoms with Crippen molar-refractivity contribution in [2.24, 2.45) is 0 Å². The molecule has 21 heavy (non-hydrogen) atoms. The van der Waals surface area contributed by atoms with Crippen molar-refractivity contribution >= 4 is 11.6 Å². The van der Waals surface area contributed by atoms with Crippen molar-refractivity contribution in [2.45, 2.75) is 32.4 Å². The second-order valence-electron chi connectivity index (χ2n) is 5.52. The molecule has 5 heteroatoms. The van der Waals surface area contributed by atoms with Crippen LogP contribution in [0.5, 0.6) is 0 Å². The van der Waals surface area contributed by atoms with Crippen LogP contribution in [-0.4, -0.2) is 54.4 Å². The second kappa shape index (κ2) is 7.54. The molecule has 0 bridgehead atoms. The van der Waals surface area contributed by atoms with Gasteiger partial charge in [-0.1, -0.05) is 19.1 Å². The Labute approximate surface area is 125 Å².